The van der Waals surface area contributed by atoms with Gasteiger partial charge in [-0.2, -0.15) is 0 Å². The molecule has 0 bridgehead atoms. The van der Waals surface area contributed by atoms with E-state index in [1.807, 2.05) is 54.7 Å². The molecule has 1 aliphatic rings. The van der Waals surface area contributed by atoms with Gasteiger partial charge < -0.3 is 10.5 Å². The van der Waals surface area contributed by atoms with Crippen molar-refractivity contribution in [3.63, 3.8) is 0 Å². The number of primary amides is 1. The lowest BCUT2D eigenvalue weighted by Gasteiger charge is -2.23. The first kappa shape index (κ1) is 17.7. The zero-order chi connectivity index (χ0) is 18.6. The van der Waals surface area contributed by atoms with Crippen molar-refractivity contribution < 1.29 is 9.53 Å². The zero-order valence-electron chi connectivity index (χ0n) is 14.9. The molecule has 0 spiro atoms. The van der Waals surface area contributed by atoms with E-state index in [0.717, 1.165) is 37.2 Å². The van der Waals surface area contributed by atoms with Gasteiger partial charge in [0.1, 0.15) is 5.75 Å². The van der Waals surface area contributed by atoms with Crippen LogP contribution in [0, 0.1) is 0 Å². The Hall–Kier alpha value is -2.70. The first-order valence-electron chi connectivity index (χ1n) is 9.00. The van der Waals surface area contributed by atoms with Crippen LogP contribution in [0.4, 0.5) is 0 Å². The lowest BCUT2D eigenvalue weighted by molar-refractivity contribution is 0.100. The molecule has 2 aromatic heterocycles. The van der Waals surface area contributed by atoms with Gasteiger partial charge in [-0.05, 0) is 49.2 Å². The number of carbonyl (C=O) groups is 1. The number of pyridine rings is 1. The topological polar surface area (TPSA) is 68.5 Å². The Morgan fingerprint density at radius 3 is 2.74 bits per heavy atom. The first-order chi connectivity index (χ1) is 13.2. The maximum atomic E-state index is 11.4. The molecule has 1 amide bonds. The minimum atomic E-state index is -0.353. The standard InChI is InChI=1S/C21H21N3O2S/c22-21(25)19-10-9-18(27-19)17-7-4-12-24(17)14-15-8-11-20(23-13-15)26-16-5-2-1-3-6-16/h1-3,5-6,8-11,13,17H,4,7,12,14H2,(H2,22,25)/t17-/m0/s1. The van der Waals surface area contributed by atoms with E-state index in [2.05, 4.69) is 16.0 Å². The summed E-state index contributed by atoms with van der Waals surface area (Å²) in [6.45, 7) is 1.86. The van der Waals surface area contributed by atoms with Crippen LogP contribution < -0.4 is 10.5 Å². The number of benzene rings is 1. The molecule has 5 nitrogen and oxygen atoms in total. The molecular weight excluding hydrogens is 358 g/mol. The molecule has 1 saturated heterocycles. The molecule has 3 aromatic rings. The predicted octanol–water partition coefficient (Wildman–Crippen LogP) is 4.37. The summed E-state index contributed by atoms with van der Waals surface area (Å²) in [7, 11) is 0. The minimum Gasteiger partial charge on any atom is -0.439 e. The number of carbonyl (C=O) groups excluding carboxylic acids is 1. The Morgan fingerprint density at radius 1 is 1.19 bits per heavy atom. The van der Waals surface area contributed by atoms with Crippen LogP contribution in [0.1, 0.15) is 39.0 Å². The molecule has 138 valence electrons. The Morgan fingerprint density at radius 2 is 2.04 bits per heavy atom. The molecule has 4 rings (SSSR count). The second-order valence-electron chi connectivity index (χ2n) is 6.61. The van der Waals surface area contributed by atoms with Crippen LogP contribution in [-0.2, 0) is 6.54 Å². The van der Waals surface area contributed by atoms with E-state index >= 15 is 0 Å². The van der Waals surface area contributed by atoms with Crippen LogP contribution in [0.2, 0.25) is 0 Å². The van der Waals surface area contributed by atoms with Crippen molar-refractivity contribution in [2.45, 2.75) is 25.4 Å². The number of hydrogen-bond donors (Lipinski definition) is 1. The van der Waals surface area contributed by atoms with E-state index in [4.69, 9.17) is 10.5 Å². The van der Waals surface area contributed by atoms with Gasteiger partial charge in [-0.25, -0.2) is 4.98 Å². The monoisotopic (exact) mass is 379 g/mol. The molecule has 0 radical (unpaired) electrons. The van der Waals surface area contributed by atoms with Gasteiger partial charge in [-0.3, -0.25) is 9.69 Å². The second-order valence-corrected chi connectivity index (χ2v) is 7.73. The van der Waals surface area contributed by atoms with E-state index in [0.29, 0.717) is 16.8 Å². The van der Waals surface area contributed by atoms with Crippen molar-refractivity contribution in [3.05, 3.63) is 76.1 Å². The molecule has 1 atom stereocenters. The van der Waals surface area contributed by atoms with Gasteiger partial charge in [-0.15, -0.1) is 11.3 Å². The quantitative estimate of drug-likeness (QED) is 0.690. The molecule has 1 aromatic carbocycles. The van der Waals surface area contributed by atoms with E-state index in [1.165, 1.54) is 16.2 Å². The number of ether oxygens (including phenoxy) is 1. The van der Waals surface area contributed by atoms with Gasteiger partial charge >= 0.3 is 0 Å². The lowest BCUT2D eigenvalue weighted by atomic mass is 10.1. The molecule has 1 fully saturated rings. The van der Waals surface area contributed by atoms with E-state index in [-0.39, 0.29) is 5.91 Å². The Kier molecular flexibility index (Phi) is 5.18. The number of aromatic nitrogens is 1. The molecule has 0 unspecified atom stereocenters. The summed E-state index contributed by atoms with van der Waals surface area (Å²) in [5.41, 5.74) is 6.54. The van der Waals surface area contributed by atoms with E-state index < -0.39 is 0 Å². The van der Waals surface area contributed by atoms with Crippen molar-refractivity contribution in [2.75, 3.05) is 6.54 Å². The number of thiophene rings is 1. The molecule has 3 heterocycles. The minimum absolute atomic E-state index is 0.336. The fourth-order valence-corrected chi connectivity index (χ4v) is 4.44. The number of nitrogens with zero attached hydrogens (tertiary/aromatic N) is 2. The average Bonchev–Trinajstić information content (AvgIpc) is 3.33. The molecule has 2 N–H and O–H groups in total. The highest BCUT2D eigenvalue weighted by molar-refractivity contribution is 7.14. The smallest absolute Gasteiger partial charge is 0.258 e. The van der Waals surface area contributed by atoms with Gasteiger partial charge in [-0.1, -0.05) is 24.3 Å². The Labute approximate surface area is 162 Å². The maximum Gasteiger partial charge on any atom is 0.258 e. The third kappa shape index (κ3) is 4.18. The summed E-state index contributed by atoms with van der Waals surface area (Å²) in [5.74, 6) is 1.02. The number of para-hydroxylation sites is 1. The highest BCUT2D eigenvalue weighted by Gasteiger charge is 2.27. The molecule has 27 heavy (non-hydrogen) atoms. The number of amides is 1. The highest BCUT2D eigenvalue weighted by atomic mass is 32.1. The van der Waals surface area contributed by atoms with Gasteiger partial charge in [0.25, 0.3) is 5.91 Å². The van der Waals surface area contributed by atoms with Crippen molar-refractivity contribution in [3.8, 4) is 11.6 Å². The van der Waals surface area contributed by atoms with Crippen LogP contribution in [0.15, 0.2) is 60.8 Å². The van der Waals surface area contributed by atoms with Gasteiger partial charge in [0.05, 0.1) is 4.88 Å². The Bertz CT molecular complexity index is 909. The summed E-state index contributed by atoms with van der Waals surface area (Å²) < 4.78 is 5.75. The Balaban J connectivity index is 1.42. The number of nitrogens with two attached hydrogens (primary N) is 1. The largest absolute Gasteiger partial charge is 0.439 e. The van der Waals surface area contributed by atoms with Gasteiger partial charge in [0.2, 0.25) is 5.88 Å². The molecule has 0 aliphatic carbocycles. The first-order valence-corrected chi connectivity index (χ1v) is 9.82. The highest BCUT2D eigenvalue weighted by Crippen LogP contribution is 2.36. The van der Waals surface area contributed by atoms with Crippen molar-refractivity contribution in [2.24, 2.45) is 5.73 Å². The van der Waals surface area contributed by atoms with Crippen LogP contribution in [0.25, 0.3) is 0 Å². The molecular formula is C21H21N3O2S. The summed E-state index contributed by atoms with van der Waals surface area (Å²) in [5, 5.41) is 0. The van der Waals surface area contributed by atoms with E-state index in [1.54, 1.807) is 0 Å². The van der Waals surface area contributed by atoms with Gasteiger partial charge in [0.15, 0.2) is 0 Å². The normalized spacial score (nSPS) is 17.1. The third-order valence-electron chi connectivity index (χ3n) is 4.71. The number of hydrogen-bond acceptors (Lipinski definition) is 5. The molecule has 0 saturated carbocycles. The summed E-state index contributed by atoms with van der Waals surface area (Å²) >= 11 is 1.50. The summed E-state index contributed by atoms with van der Waals surface area (Å²) in [6, 6.07) is 17.8. The fraction of sp³-hybridized carbons (Fsp3) is 0.238. The number of likely N-dealkylation sites (tertiary alicyclic amines) is 1. The zero-order valence-corrected chi connectivity index (χ0v) is 15.7. The van der Waals surface area contributed by atoms with Crippen LogP contribution in [-0.4, -0.2) is 22.3 Å². The SMILES string of the molecule is NC(=O)c1ccc([C@@H]2CCCN2Cc2ccc(Oc3ccccc3)nc2)s1. The lowest BCUT2D eigenvalue weighted by Crippen LogP contribution is -2.22. The molecule has 1 aliphatic heterocycles. The number of rotatable bonds is 6. The summed E-state index contributed by atoms with van der Waals surface area (Å²) in [4.78, 5) is 20.1. The van der Waals surface area contributed by atoms with Crippen LogP contribution in [0.5, 0.6) is 11.6 Å². The second kappa shape index (κ2) is 7.90. The van der Waals surface area contributed by atoms with E-state index in [9.17, 15) is 4.79 Å². The van der Waals surface area contributed by atoms with Crippen molar-refractivity contribution >= 4 is 17.2 Å². The van der Waals surface area contributed by atoms with Crippen molar-refractivity contribution in [1.82, 2.24) is 9.88 Å². The predicted molar refractivity (Wildman–Crippen MR) is 106 cm³/mol. The third-order valence-corrected chi connectivity index (χ3v) is 5.91. The van der Waals surface area contributed by atoms with Gasteiger partial charge in [0, 0.05) is 29.7 Å². The fourth-order valence-electron chi connectivity index (χ4n) is 3.41. The average molecular weight is 379 g/mol. The molecule has 6 heteroatoms. The summed E-state index contributed by atoms with van der Waals surface area (Å²) in [6.07, 6.45) is 4.12. The van der Waals surface area contributed by atoms with Crippen molar-refractivity contribution in [1.29, 1.82) is 0 Å². The maximum absolute atomic E-state index is 11.4. The van der Waals surface area contributed by atoms with Crippen LogP contribution in [0.3, 0.4) is 0 Å². The van der Waals surface area contributed by atoms with Crippen LogP contribution >= 0.6 is 11.3 Å².